The summed E-state index contributed by atoms with van der Waals surface area (Å²) in [7, 11) is 0. The fourth-order valence-electron chi connectivity index (χ4n) is 2.17. The number of pyridine rings is 1. The molecule has 0 saturated carbocycles. The molecule has 25 heavy (non-hydrogen) atoms. The number of nitrogens with zero attached hydrogens (tertiary/aromatic N) is 3. The minimum absolute atomic E-state index is 0.112. The van der Waals surface area contributed by atoms with Crippen molar-refractivity contribution in [1.29, 1.82) is 5.41 Å². The Labute approximate surface area is 151 Å². The topological polar surface area (TPSA) is 110 Å². The standard InChI is InChI=1S/C17H17AsN6O/c1-18-16-22-10-8-14(24-16)13-3-2-9-21-15(13)25-12-6-4-11(5-7-12)23-17(19)20/h2-10,18H,1H3,(H4,19,20,23). The van der Waals surface area contributed by atoms with E-state index in [4.69, 9.17) is 15.9 Å². The summed E-state index contributed by atoms with van der Waals surface area (Å²) in [5.41, 5.74) is 9.78. The van der Waals surface area contributed by atoms with E-state index < -0.39 is 0 Å². The summed E-state index contributed by atoms with van der Waals surface area (Å²) >= 11 is -0.317. The van der Waals surface area contributed by atoms with E-state index in [1.54, 1.807) is 36.7 Å². The molecule has 0 amide bonds. The first kappa shape index (κ1) is 16.9. The zero-order chi connectivity index (χ0) is 17.6. The van der Waals surface area contributed by atoms with Crippen LogP contribution in [0, 0.1) is 5.41 Å². The summed E-state index contributed by atoms with van der Waals surface area (Å²) in [4.78, 5) is 13.2. The fourth-order valence-corrected chi connectivity index (χ4v) is 3.08. The summed E-state index contributed by atoms with van der Waals surface area (Å²) in [5, 5.41) is 9.96. The molecule has 3 aromatic rings. The van der Waals surface area contributed by atoms with Gasteiger partial charge in [-0.2, -0.15) is 0 Å². The number of hydrogen-bond acceptors (Lipinski definition) is 5. The summed E-state index contributed by atoms with van der Waals surface area (Å²) in [6.45, 7) is 0. The van der Waals surface area contributed by atoms with Crippen molar-refractivity contribution >= 4 is 32.0 Å². The van der Waals surface area contributed by atoms with Crippen LogP contribution in [-0.4, -0.2) is 36.7 Å². The Morgan fingerprint density at radius 2 is 1.92 bits per heavy atom. The van der Waals surface area contributed by atoms with Crippen LogP contribution in [0.25, 0.3) is 11.3 Å². The number of ether oxygens (including phenoxy) is 1. The van der Waals surface area contributed by atoms with Gasteiger partial charge < -0.3 is 5.73 Å². The third-order valence-corrected chi connectivity index (χ3v) is 4.72. The molecule has 0 aliphatic heterocycles. The van der Waals surface area contributed by atoms with Gasteiger partial charge in [0.1, 0.15) is 0 Å². The molecule has 0 radical (unpaired) electrons. The normalized spacial score (nSPS) is 10.8. The SMILES string of the molecule is C[AsH]c1nccc(-c2cccnc2Oc2ccc(NC(=N)N)cc2)n1. The van der Waals surface area contributed by atoms with Gasteiger partial charge >= 0.3 is 140 Å². The van der Waals surface area contributed by atoms with Gasteiger partial charge in [-0.3, -0.25) is 5.41 Å². The Bertz CT molecular complexity index is 884. The molecule has 0 aliphatic rings. The van der Waals surface area contributed by atoms with Crippen LogP contribution >= 0.6 is 0 Å². The summed E-state index contributed by atoms with van der Waals surface area (Å²) < 4.78 is 6.82. The maximum atomic E-state index is 7.24. The van der Waals surface area contributed by atoms with E-state index in [9.17, 15) is 0 Å². The third kappa shape index (κ3) is 4.33. The molecule has 0 aliphatic carbocycles. The van der Waals surface area contributed by atoms with E-state index in [1.165, 1.54) is 0 Å². The molecule has 4 N–H and O–H groups in total. The summed E-state index contributed by atoms with van der Waals surface area (Å²) in [6.07, 6.45) is 3.45. The second kappa shape index (κ2) is 7.77. The Balaban J connectivity index is 1.87. The van der Waals surface area contributed by atoms with Gasteiger partial charge in [-0.05, 0) is 0 Å². The van der Waals surface area contributed by atoms with Gasteiger partial charge in [0.25, 0.3) is 0 Å². The Kier molecular flexibility index (Phi) is 5.26. The number of guanidine groups is 1. The van der Waals surface area contributed by atoms with Crippen molar-refractivity contribution in [2.75, 3.05) is 5.32 Å². The van der Waals surface area contributed by atoms with Crippen molar-refractivity contribution in [3.63, 3.8) is 0 Å². The van der Waals surface area contributed by atoms with Crippen LogP contribution in [0.1, 0.15) is 0 Å². The minimum atomic E-state index is -0.317. The Hall–Kier alpha value is -2.92. The third-order valence-electron chi connectivity index (χ3n) is 3.27. The molecule has 1 unspecified atom stereocenters. The molecule has 1 aromatic carbocycles. The number of benzene rings is 1. The van der Waals surface area contributed by atoms with Gasteiger partial charge in [0.2, 0.25) is 0 Å². The fraction of sp³-hybridized carbons (Fsp3) is 0.0588. The number of hydrogen-bond donors (Lipinski definition) is 3. The van der Waals surface area contributed by atoms with Gasteiger partial charge in [0.05, 0.1) is 0 Å². The molecule has 0 bridgehead atoms. The number of nitrogens with two attached hydrogens (primary N) is 1. The van der Waals surface area contributed by atoms with Crippen LogP contribution in [0.15, 0.2) is 54.9 Å². The first-order valence-electron chi connectivity index (χ1n) is 7.51. The molecule has 2 aromatic heterocycles. The summed E-state index contributed by atoms with van der Waals surface area (Å²) in [5.74, 6) is 1.00. The van der Waals surface area contributed by atoms with Crippen molar-refractivity contribution < 1.29 is 4.74 Å². The van der Waals surface area contributed by atoms with Crippen molar-refractivity contribution in [3.8, 4) is 22.9 Å². The zero-order valence-corrected chi connectivity index (χ0v) is 15.6. The van der Waals surface area contributed by atoms with Gasteiger partial charge in [-0.25, -0.2) is 0 Å². The molecular formula is C17H17AsN6O. The average Bonchev–Trinajstić information content (AvgIpc) is 2.63. The van der Waals surface area contributed by atoms with Crippen molar-refractivity contribution in [2.45, 2.75) is 5.71 Å². The van der Waals surface area contributed by atoms with Crippen molar-refractivity contribution in [3.05, 3.63) is 54.9 Å². The van der Waals surface area contributed by atoms with Crippen LogP contribution in [-0.2, 0) is 0 Å². The predicted molar refractivity (Wildman–Crippen MR) is 100.0 cm³/mol. The van der Waals surface area contributed by atoms with Gasteiger partial charge in [0.15, 0.2) is 0 Å². The monoisotopic (exact) mass is 396 g/mol. The van der Waals surface area contributed by atoms with Crippen LogP contribution in [0.5, 0.6) is 11.6 Å². The second-order valence-electron chi connectivity index (χ2n) is 5.04. The van der Waals surface area contributed by atoms with Crippen LogP contribution in [0.4, 0.5) is 5.69 Å². The molecule has 2 heterocycles. The average molecular weight is 396 g/mol. The zero-order valence-electron chi connectivity index (χ0n) is 13.5. The Morgan fingerprint density at radius 3 is 2.64 bits per heavy atom. The number of nitrogens with one attached hydrogen (secondary N) is 2. The van der Waals surface area contributed by atoms with E-state index in [0.717, 1.165) is 15.9 Å². The van der Waals surface area contributed by atoms with Crippen LogP contribution in [0.2, 0.25) is 5.71 Å². The van der Waals surface area contributed by atoms with Crippen LogP contribution < -0.4 is 20.4 Å². The quantitative estimate of drug-likeness (QED) is 0.344. The summed E-state index contributed by atoms with van der Waals surface area (Å²) in [6, 6.07) is 12.8. The van der Waals surface area contributed by atoms with E-state index >= 15 is 0 Å². The molecule has 3 rings (SSSR count). The number of anilines is 1. The van der Waals surface area contributed by atoms with Crippen molar-refractivity contribution in [1.82, 2.24) is 15.0 Å². The molecular weight excluding hydrogens is 379 g/mol. The number of aromatic nitrogens is 3. The predicted octanol–water partition coefficient (Wildman–Crippen LogP) is 1.75. The molecule has 126 valence electrons. The molecule has 1 atom stereocenters. The van der Waals surface area contributed by atoms with Gasteiger partial charge in [0, 0.05) is 0 Å². The molecule has 0 spiro atoms. The number of rotatable bonds is 5. The van der Waals surface area contributed by atoms with Crippen LogP contribution in [0.3, 0.4) is 0 Å². The second-order valence-corrected chi connectivity index (χ2v) is 7.02. The molecule has 8 heteroatoms. The molecule has 0 fully saturated rings. The van der Waals surface area contributed by atoms with E-state index in [0.29, 0.717) is 17.3 Å². The van der Waals surface area contributed by atoms with Crippen molar-refractivity contribution in [2.24, 2.45) is 5.73 Å². The van der Waals surface area contributed by atoms with Gasteiger partial charge in [-0.1, -0.05) is 0 Å². The maximum absolute atomic E-state index is 7.24. The van der Waals surface area contributed by atoms with E-state index in [1.807, 2.05) is 18.2 Å². The molecule has 7 nitrogen and oxygen atoms in total. The first-order chi connectivity index (χ1) is 12.2. The first-order valence-corrected chi connectivity index (χ1v) is 10.7. The van der Waals surface area contributed by atoms with E-state index in [-0.39, 0.29) is 21.7 Å². The van der Waals surface area contributed by atoms with Gasteiger partial charge in [-0.15, -0.1) is 0 Å². The van der Waals surface area contributed by atoms with E-state index in [2.05, 4.69) is 26.0 Å². The Morgan fingerprint density at radius 1 is 1.12 bits per heavy atom. The molecule has 0 saturated heterocycles.